The van der Waals surface area contributed by atoms with Crippen LogP contribution < -0.4 is 4.74 Å². The highest BCUT2D eigenvalue weighted by molar-refractivity contribution is 6.06. The molecule has 0 aliphatic rings. The molecule has 3 aromatic rings. The average molecular weight is 280 g/mol. The summed E-state index contributed by atoms with van der Waals surface area (Å²) in [7, 11) is 0. The lowest BCUT2D eigenvalue weighted by molar-refractivity contribution is 0.111. The Kier molecular flexibility index (Phi) is 4.07. The van der Waals surface area contributed by atoms with Crippen LogP contribution in [-0.4, -0.2) is 19.8 Å². The summed E-state index contributed by atoms with van der Waals surface area (Å²) in [4.78, 5) is 0. The third-order valence-corrected chi connectivity index (χ3v) is 3.73. The van der Waals surface area contributed by atoms with Gasteiger partial charge in [0.15, 0.2) is 0 Å². The first kappa shape index (κ1) is 13.9. The van der Waals surface area contributed by atoms with Crippen LogP contribution in [0.1, 0.15) is 12.5 Å². The van der Waals surface area contributed by atoms with Gasteiger partial charge in [-0.15, -0.1) is 0 Å². The molecule has 108 valence electrons. The first-order chi connectivity index (χ1) is 10.3. The number of rotatable bonds is 5. The molecule has 3 rings (SSSR count). The highest BCUT2D eigenvalue weighted by atomic mass is 16.5. The van der Waals surface area contributed by atoms with E-state index in [1.807, 2.05) is 6.92 Å². The maximum Gasteiger partial charge on any atom is 0.135 e. The van der Waals surface area contributed by atoms with Gasteiger partial charge in [0.05, 0.1) is 6.61 Å². The van der Waals surface area contributed by atoms with Gasteiger partial charge in [0.1, 0.15) is 12.4 Å². The summed E-state index contributed by atoms with van der Waals surface area (Å²) < 4.78 is 11.5. The first-order valence-corrected chi connectivity index (χ1v) is 7.43. The first-order valence-electron chi connectivity index (χ1n) is 7.43. The van der Waals surface area contributed by atoms with Crippen LogP contribution in [0.15, 0.2) is 48.5 Å². The van der Waals surface area contributed by atoms with Gasteiger partial charge in [0, 0.05) is 17.4 Å². The van der Waals surface area contributed by atoms with E-state index >= 15 is 0 Å². The van der Waals surface area contributed by atoms with E-state index in [0.29, 0.717) is 13.2 Å². The average Bonchev–Trinajstić information content (AvgIpc) is 2.51. The van der Waals surface area contributed by atoms with Crippen molar-refractivity contribution in [3.8, 4) is 5.75 Å². The monoisotopic (exact) mass is 280 g/mol. The minimum Gasteiger partial charge on any atom is -0.490 e. The second-order valence-corrected chi connectivity index (χ2v) is 5.15. The Morgan fingerprint density at radius 1 is 0.905 bits per heavy atom. The van der Waals surface area contributed by atoms with Crippen LogP contribution in [0.5, 0.6) is 5.75 Å². The minimum absolute atomic E-state index is 0.575. The number of hydrogen-bond acceptors (Lipinski definition) is 2. The van der Waals surface area contributed by atoms with E-state index in [-0.39, 0.29) is 0 Å². The third-order valence-electron chi connectivity index (χ3n) is 3.73. The smallest absolute Gasteiger partial charge is 0.135 e. The fraction of sp³-hybridized carbons (Fsp3) is 0.263. The molecule has 0 spiro atoms. The van der Waals surface area contributed by atoms with Crippen LogP contribution >= 0.6 is 0 Å². The molecule has 0 bridgehead atoms. The predicted molar refractivity (Wildman–Crippen MR) is 88.2 cm³/mol. The zero-order chi connectivity index (χ0) is 14.7. The molecule has 2 nitrogen and oxygen atoms in total. The molecular weight excluding hydrogens is 260 g/mol. The maximum atomic E-state index is 6.09. The summed E-state index contributed by atoms with van der Waals surface area (Å²) in [5, 5.41) is 4.80. The van der Waals surface area contributed by atoms with Gasteiger partial charge in [-0.25, -0.2) is 0 Å². The summed E-state index contributed by atoms with van der Waals surface area (Å²) in [5.74, 6) is 0.973. The largest absolute Gasteiger partial charge is 0.490 e. The van der Waals surface area contributed by atoms with Crippen LogP contribution in [0.3, 0.4) is 0 Å². The molecule has 0 radical (unpaired) electrons. The minimum atomic E-state index is 0.575. The molecule has 2 heteroatoms. The maximum absolute atomic E-state index is 6.09. The van der Waals surface area contributed by atoms with Crippen LogP contribution in [0.25, 0.3) is 21.5 Å². The fourth-order valence-corrected chi connectivity index (χ4v) is 2.75. The normalized spacial score (nSPS) is 11.1. The second kappa shape index (κ2) is 6.15. The Morgan fingerprint density at radius 2 is 1.71 bits per heavy atom. The standard InChI is InChI=1S/C19H20O2/c1-3-20-11-12-21-19-17-10-5-4-8-15(17)13-16-9-6-7-14(2)18(16)19/h4-10,13H,3,11-12H2,1-2H3. The van der Waals surface area contributed by atoms with Gasteiger partial charge in [0.25, 0.3) is 0 Å². The lowest BCUT2D eigenvalue weighted by Crippen LogP contribution is -2.07. The molecule has 0 heterocycles. The Labute approximate surface area is 125 Å². The molecule has 0 aromatic heterocycles. The Hall–Kier alpha value is -2.06. The molecule has 0 saturated heterocycles. The van der Waals surface area contributed by atoms with Crippen molar-refractivity contribution in [2.45, 2.75) is 13.8 Å². The molecule has 21 heavy (non-hydrogen) atoms. The Balaban J connectivity index is 2.14. The van der Waals surface area contributed by atoms with E-state index in [0.717, 1.165) is 17.7 Å². The van der Waals surface area contributed by atoms with Crippen LogP contribution in [0, 0.1) is 6.92 Å². The van der Waals surface area contributed by atoms with Crippen molar-refractivity contribution >= 4 is 21.5 Å². The predicted octanol–water partition coefficient (Wildman–Crippen LogP) is 4.72. The Bertz CT molecular complexity index is 762. The molecule has 0 fully saturated rings. The topological polar surface area (TPSA) is 18.5 Å². The molecule has 0 saturated carbocycles. The highest BCUT2D eigenvalue weighted by Gasteiger charge is 2.10. The van der Waals surface area contributed by atoms with Crippen molar-refractivity contribution in [2.24, 2.45) is 0 Å². The van der Waals surface area contributed by atoms with Gasteiger partial charge in [-0.3, -0.25) is 0 Å². The van der Waals surface area contributed by atoms with Crippen molar-refractivity contribution in [3.05, 3.63) is 54.1 Å². The number of fused-ring (bicyclic) bond motifs is 2. The van der Waals surface area contributed by atoms with E-state index in [9.17, 15) is 0 Å². The van der Waals surface area contributed by atoms with Crippen molar-refractivity contribution in [3.63, 3.8) is 0 Å². The number of benzene rings is 3. The molecular formula is C19H20O2. The lowest BCUT2D eigenvalue weighted by atomic mass is 9.99. The summed E-state index contributed by atoms with van der Waals surface area (Å²) >= 11 is 0. The highest BCUT2D eigenvalue weighted by Crippen LogP contribution is 2.36. The van der Waals surface area contributed by atoms with Crippen LogP contribution in [-0.2, 0) is 4.74 Å². The fourth-order valence-electron chi connectivity index (χ4n) is 2.75. The molecule has 0 N–H and O–H groups in total. The second-order valence-electron chi connectivity index (χ2n) is 5.15. The summed E-state index contributed by atoms with van der Waals surface area (Å²) in [6, 6.07) is 17.0. The van der Waals surface area contributed by atoms with Gasteiger partial charge < -0.3 is 9.47 Å². The van der Waals surface area contributed by atoms with E-state index < -0.39 is 0 Å². The van der Waals surface area contributed by atoms with Crippen molar-refractivity contribution < 1.29 is 9.47 Å². The van der Waals surface area contributed by atoms with Gasteiger partial charge in [-0.2, -0.15) is 0 Å². The number of ether oxygens (including phenoxy) is 2. The van der Waals surface area contributed by atoms with Gasteiger partial charge in [-0.05, 0) is 36.2 Å². The van der Waals surface area contributed by atoms with Crippen molar-refractivity contribution in [1.29, 1.82) is 0 Å². The summed E-state index contributed by atoms with van der Waals surface area (Å²) in [5.41, 5.74) is 1.24. The third kappa shape index (κ3) is 2.72. The molecule has 0 aliphatic heterocycles. The molecule has 3 aromatic carbocycles. The van der Waals surface area contributed by atoms with E-state index in [2.05, 4.69) is 55.5 Å². The van der Waals surface area contributed by atoms with E-state index in [1.165, 1.54) is 21.7 Å². The molecule has 0 unspecified atom stereocenters. The van der Waals surface area contributed by atoms with Gasteiger partial charge in [0.2, 0.25) is 0 Å². The van der Waals surface area contributed by atoms with Crippen molar-refractivity contribution in [2.75, 3.05) is 19.8 Å². The van der Waals surface area contributed by atoms with Gasteiger partial charge >= 0.3 is 0 Å². The lowest BCUT2D eigenvalue weighted by Gasteiger charge is -2.14. The van der Waals surface area contributed by atoms with E-state index in [4.69, 9.17) is 9.47 Å². The van der Waals surface area contributed by atoms with Gasteiger partial charge in [-0.1, -0.05) is 42.5 Å². The number of hydrogen-bond donors (Lipinski definition) is 0. The SMILES string of the molecule is CCOCCOc1c2ccccc2cc2cccc(C)c12. The Morgan fingerprint density at radius 3 is 2.57 bits per heavy atom. The van der Waals surface area contributed by atoms with Crippen LogP contribution in [0.2, 0.25) is 0 Å². The zero-order valence-electron chi connectivity index (χ0n) is 12.6. The summed E-state index contributed by atoms with van der Waals surface area (Å²) in [6.07, 6.45) is 0. The summed E-state index contributed by atoms with van der Waals surface area (Å²) in [6.45, 7) is 6.04. The van der Waals surface area contributed by atoms with Crippen LogP contribution in [0.4, 0.5) is 0 Å². The number of aryl methyl sites for hydroxylation is 1. The molecule has 0 aliphatic carbocycles. The quantitative estimate of drug-likeness (QED) is 0.497. The zero-order valence-corrected chi connectivity index (χ0v) is 12.6. The van der Waals surface area contributed by atoms with Crippen molar-refractivity contribution in [1.82, 2.24) is 0 Å². The molecule has 0 atom stereocenters. The van der Waals surface area contributed by atoms with E-state index in [1.54, 1.807) is 0 Å². The molecule has 0 amide bonds.